The maximum Gasteiger partial charge on any atom is 0.198 e. The number of nitrogens with zero attached hydrogens (tertiary/aromatic N) is 4. The Morgan fingerprint density at radius 1 is 1.50 bits per heavy atom. The van der Waals surface area contributed by atoms with Crippen molar-refractivity contribution in [3.63, 3.8) is 0 Å². The van der Waals surface area contributed by atoms with Gasteiger partial charge in [0.1, 0.15) is 6.33 Å². The standard InChI is InChI=1S/C5H3ClN4/c6-4-5-9-8-3-10(5)2-1-7-4/h1-3H. The summed E-state index contributed by atoms with van der Waals surface area (Å²) < 4.78 is 1.70. The molecule has 4 nitrogen and oxygen atoms in total. The monoisotopic (exact) mass is 154 g/mol. The molecule has 0 atom stereocenters. The van der Waals surface area contributed by atoms with Crippen molar-refractivity contribution < 1.29 is 0 Å². The summed E-state index contributed by atoms with van der Waals surface area (Å²) in [5, 5.41) is 7.76. The predicted molar refractivity (Wildman–Crippen MR) is 35.8 cm³/mol. The Morgan fingerprint density at radius 2 is 2.40 bits per heavy atom. The maximum atomic E-state index is 5.66. The summed E-state index contributed by atoms with van der Waals surface area (Å²) in [4.78, 5) is 3.82. The molecule has 0 bridgehead atoms. The topological polar surface area (TPSA) is 43.1 Å². The van der Waals surface area contributed by atoms with Crippen molar-refractivity contribution in [2.75, 3.05) is 0 Å². The van der Waals surface area contributed by atoms with Crippen molar-refractivity contribution in [3.8, 4) is 0 Å². The molecule has 2 rings (SSSR count). The minimum absolute atomic E-state index is 0.375. The lowest BCUT2D eigenvalue weighted by Gasteiger charge is -1.89. The number of fused-ring (bicyclic) bond motifs is 1. The summed E-state index contributed by atoms with van der Waals surface area (Å²) in [5.41, 5.74) is 0.587. The van der Waals surface area contributed by atoms with Crippen molar-refractivity contribution >= 4 is 17.2 Å². The Balaban J connectivity index is 2.95. The molecule has 0 fully saturated rings. The van der Waals surface area contributed by atoms with E-state index < -0.39 is 0 Å². The molecular weight excluding hydrogens is 152 g/mol. The van der Waals surface area contributed by atoms with Crippen LogP contribution in [0.25, 0.3) is 5.65 Å². The van der Waals surface area contributed by atoms with Crippen LogP contribution in [0.1, 0.15) is 0 Å². The molecule has 0 radical (unpaired) electrons. The molecule has 0 unspecified atom stereocenters. The van der Waals surface area contributed by atoms with Gasteiger partial charge in [-0.1, -0.05) is 11.6 Å². The van der Waals surface area contributed by atoms with Gasteiger partial charge >= 0.3 is 0 Å². The summed E-state index contributed by atoms with van der Waals surface area (Å²) in [5.74, 6) is 0. The molecule has 0 aliphatic carbocycles. The molecule has 2 aromatic heterocycles. The Hall–Kier alpha value is -1.16. The molecule has 0 aliphatic rings. The van der Waals surface area contributed by atoms with E-state index in [1.54, 1.807) is 23.1 Å². The Kier molecular flexibility index (Phi) is 1.07. The van der Waals surface area contributed by atoms with E-state index in [4.69, 9.17) is 11.6 Å². The number of hydrogen-bond acceptors (Lipinski definition) is 3. The number of hydrogen-bond donors (Lipinski definition) is 0. The number of aromatic nitrogens is 4. The van der Waals surface area contributed by atoms with E-state index in [2.05, 4.69) is 15.2 Å². The third-order valence-electron chi connectivity index (χ3n) is 1.17. The van der Waals surface area contributed by atoms with Crippen molar-refractivity contribution in [2.45, 2.75) is 0 Å². The Bertz CT molecular complexity index is 355. The first-order chi connectivity index (χ1) is 4.88. The average Bonchev–Trinajstić information content (AvgIpc) is 2.36. The Labute approximate surface area is 61.5 Å². The van der Waals surface area contributed by atoms with Crippen LogP contribution in [0.2, 0.25) is 5.15 Å². The van der Waals surface area contributed by atoms with Gasteiger partial charge in [0.2, 0.25) is 0 Å². The molecule has 2 heterocycles. The van der Waals surface area contributed by atoms with Crippen LogP contribution in [0.4, 0.5) is 0 Å². The van der Waals surface area contributed by atoms with Crippen LogP contribution in [0, 0.1) is 0 Å². The van der Waals surface area contributed by atoms with E-state index in [-0.39, 0.29) is 0 Å². The lowest BCUT2D eigenvalue weighted by molar-refractivity contribution is 1.10. The van der Waals surface area contributed by atoms with Crippen molar-refractivity contribution in [2.24, 2.45) is 0 Å². The Morgan fingerprint density at radius 3 is 3.20 bits per heavy atom. The van der Waals surface area contributed by atoms with E-state index >= 15 is 0 Å². The molecule has 10 heavy (non-hydrogen) atoms. The van der Waals surface area contributed by atoms with Gasteiger partial charge in [0.05, 0.1) is 0 Å². The lowest BCUT2D eigenvalue weighted by Crippen LogP contribution is -1.84. The summed E-state index contributed by atoms with van der Waals surface area (Å²) in [6.07, 6.45) is 4.91. The molecule has 50 valence electrons. The van der Waals surface area contributed by atoms with Gasteiger partial charge in [0.25, 0.3) is 0 Å². The molecule has 0 amide bonds. The fourth-order valence-corrected chi connectivity index (χ4v) is 0.919. The first-order valence-electron chi connectivity index (χ1n) is 2.68. The SMILES string of the molecule is Clc1nccn2cnnc12. The molecular formula is C5H3ClN4. The molecule has 2 aromatic rings. The largest absolute Gasteiger partial charge is 0.285 e. The second kappa shape index (κ2) is 1.91. The van der Waals surface area contributed by atoms with Crippen LogP contribution in [-0.4, -0.2) is 19.6 Å². The quantitative estimate of drug-likeness (QED) is 0.563. The highest BCUT2D eigenvalue weighted by molar-refractivity contribution is 6.32. The van der Waals surface area contributed by atoms with Gasteiger partial charge < -0.3 is 0 Å². The zero-order valence-corrected chi connectivity index (χ0v) is 5.65. The van der Waals surface area contributed by atoms with Crippen molar-refractivity contribution in [1.82, 2.24) is 19.6 Å². The first-order valence-corrected chi connectivity index (χ1v) is 3.05. The zero-order valence-electron chi connectivity index (χ0n) is 4.90. The van der Waals surface area contributed by atoms with Crippen LogP contribution in [-0.2, 0) is 0 Å². The third kappa shape index (κ3) is 0.657. The van der Waals surface area contributed by atoms with Crippen LogP contribution >= 0.6 is 11.6 Å². The minimum Gasteiger partial charge on any atom is -0.285 e. The van der Waals surface area contributed by atoms with Crippen molar-refractivity contribution in [3.05, 3.63) is 23.9 Å². The average molecular weight is 155 g/mol. The van der Waals surface area contributed by atoms with E-state index in [1.807, 2.05) is 0 Å². The molecule has 0 N–H and O–H groups in total. The second-order valence-corrected chi connectivity index (χ2v) is 2.14. The number of rotatable bonds is 0. The fourth-order valence-electron chi connectivity index (χ4n) is 0.728. The highest BCUT2D eigenvalue weighted by atomic mass is 35.5. The summed E-state index contributed by atoms with van der Waals surface area (Å²) in [7, 11) is 0. The van der Waals surface area contributed by atoms with E-state index in [0.29, 0.717) is 10.8 Å². The molecule has 5 heteroatoms. The van der Waals surface area contributed by atoms with Crippen LogP contribution in [0.5, 0.6) is 0 Å². The summed E-state index contributed by atoms with van der Waals surface area (Å²) in [6, 6.07) is 0. The van der Waals surface area contributed by atoms with Gasteiger partial charge in [-0.25, -0.2) is 4.98 Å². The smallest absolute Gasteiger partial charge is 0.198 e. The van der Waals surface area contributed by atoms with Crippen LogP contribution in [0.3, 0.4) is 0 Å². The predicted octanol–water partition coefficient (Wildman–Crippen LogP) is 0.778. The van der Waals surface area contributed by atoms with Gasteiger partial charge in [0, 0.05) is 12.4 Å². The molecule has 0 aromatic carbocycles. The summed E-state index contributed by atoms with van der Waals surface area (Å²) in [6.45, 7) is 0. The second-order valence-electron chi connectivity index (χ2n) is 1.78. The zero-order chi connectivity index (χ0) is 6.97. The lowest BCUT2D eigenvalue weighted by atomic mass is 10.7. The molecule has 0 saturated heterocycles. The maximum absolute atomic E-state index is 5.66. The van der Waals surface area contributed by atoms with Gasteiger partial charge in [-0.05, 0) is 0 Å². The summed E-state index contributed by atoms with van der Waals surface area (Å²) >= 11 is 5.66. The van der Waals surface area contributed by atoms with Gasteiger partial charge in [0.15, 0.2) is 10.8 Å². The van der Waals surface area contributed by atoms with Gasteiger partial charge in [-0.2, -0.15) is 0 Å². The highest BCUT2D eigenvalue weighted by Crippen LogP contribution is 2.08. The van der Waals surface area contributed by atoms with Gasteiger partial charge in [-0.3, -0.25) is 4.40 Å². The van der Waals surface area contributed by atoms with E-state index in [1.165, 1.54) is 0 Å². The van der Waals surface area contributed by atoms with Gasteiger partial charge in [-0.15, -0.1) is 10.2 Å². The molecule has 0 aliphatic heterocycles. The van der Waals surface area contributed by atoms with Crippen LogP contribution < -0.4 is 0 Å². The van der Waals surface area contributed by atoms with Crippen LogP contribution in [0.15, 0.2) is 18.7 Å². The highest BCUT2D eigenvalue weighted by Gasteiger charge is 1.98. The normalized spacial score (nSPS) is 10.5. The molecule has 0 spiro atoms. The third-order valence-corrected chi connectivity index (χ3v) is 1.44. The van der Waals surface area contributed by atoms with Crippen molar-refractivity contribution in [1.29, 1.82) is 0 Å². The fraction of sp³-hybridized carbons (Fsp3) is 0. The minimum atomic E-state index is 0.375. The van der Waals surface area contributed by atoms with E-state index in [0.717, 1.165) is 0 Å². The molecule has 0 saturated carbocycles. The van der Waals surface area contributed by atoms with E-state index in [9.17, 15) is 0 Å². The first kappa shape index (κ1) is 5.61. The number of halogens is 1.